The van der Waals surface area contributed by atoms with Gasteiger partial charge >= 0.3 is 5.97 Å². The molecular weight excluding hydrogens is 502 g/mol. The first-order valence-corrected chi connectivity index (χ1v) is 11.5. The minimum absolute atomic E-state index is 0.0278. The number of H-pyrrole nitrogens is 1. The van der Waals surface area contributed by atoms with Crippen molar-refractivity contribution in [2.24, 2.45) is 11.5 Å². The molecule has 0 aliphatic rings. The lowest BCUT2D eigenvalue weighted by molar-refractivity contribution is -0.143. The molecule has 11 N–H and O–H groups in total. The van der Waals surface area contributed by atoms with Crippen molar-refractivity contribution in [1.29, 1.82) is 0 Å². The standard InChI is InChI=1S/C23H31N7O8/c24-15(5-6-19(25)33)20(34)28-17(8-13-9-26-11-27-13)22(36)29-16(7-12-1-3-14(32)4-2-12)21(35)30-18(10-31)23(37)38/h1-4,9,11,15-18,31-32H,5-8,10,24H2,(H2,25,33)(H,26,27)(H,28,34)(H,29,36)(H,30,35)(H,37,38). The maximum Gasteiger partial charge on any atom is 0.328 e. The average Bonchev–Trinajstić information content (AvgIpc) is 3.38. The Morgan fingerprint density at radius 2 is 1.50 bits per heavy atom. The molecule has 0 saturated carbocycles. The fourth-order valence-corrected chi connectivity index (χ4v) is 3.34. The Bertz CT molecular complexity index is 1110. The van der Waals surface area contributed by atoms with E-state index in [1.807, 2.05) is 0 Å². The number of nitrogens with two attached hydrogens (primary N) is 2. The number of phenolic OH excluding ortho intramolecular Hbond substituents is 1. The van der Waals surface area contributed by atoms with Gasteiger partial charge < -0.3 is 47.7 Å². The molecule has 4 unspecified atom stereocenters. The Morgan fingerprint density at radius 1 is 0.921 bits per heavy atom. The molecule has 0 saturated heterocycles. The van der Waals surface area contributed by atoms with E-state index in [1.165, 1.54) is 36.8 Å². The molecule has 2 rings (SSSR count). The second-order valence-electron chi connectivity index (χ2n) is 8.47. The second kappa shape index (κ2) is 14.3. The van der Waals surface area contributed by atoms with E-state index < -0.39 is 60.4 Å². The largest absolute Gasteiger partial charge is 0.508 e. The van der Waals surface area contributed by atoms with E-state index in [2.05, 4.69) is 25.9 Å². The first-order valence-electron chi connectivity index (χ1n) is 11.5. The quantitative estimate of drug-likeness (QED) is 0.112. The number of carbonyl (C=O) groups excluding carboxylic acids is 4. The van der Waals surface area contributed by atoms with Crippen LogP contribution >= 0.6 is 0 Å². The Kier molecular flexibility index (Phi) is 11.2. The van der Waals surface area contributed by atoms with Crippen molar-refractivity contribution in [3.63, 3.8) is 0 Å². The van der Waals surface area contributed by atoms with Crippen molar-refractivity contribution >= 4 is 29.6 Å². The molecule has 4 amide bonds. The number of nitrogens with zero attached hydrogens (tertiary/aromatic N) is 1. The van der Waals surface area contributed by atoms with Gasteiger partial charge in [0.25, 0.3) is 0 Å². The van der Waals surface area contributed by atoms with Crippen LogP contribution in [0.3, 0.4) is 0 Å². The number of rotatable bonds is 15. The highest BCUT2D eigenvalue weighted by molar-refractivity contribution is 5.94. The van der Waals surface area contributed by atoms with Crippen LogP contribution in [0.4, 0.5) is 0 Å². The zero-order valence-electron chi connectivity index (χ0n) is 20.3. The lowest BCUT2D eigenvalue weighted by Gasteiger charge is -2.25. The summed E-state index contributed by atoms with van der Waals surface area (Å²) in [7, 11) is 0. The third-order valence-electron chi connectivity index (χ3n) is 5.46. The molecule has 0 aliphatic heterocycles. The van der Waals surface area contributed by atoms with Gasteiger partial charge in [-0.2, -0.15) is 0 Å². The summed E-state index contributed by atoms with van der Waals surface area (Å²) in [6, 6.07) is 0.412. The summed E-state index contributed by atoms with van der Waals surface area (Å²) < 4.78 is 0. The summed E-state index contributed by atoms with van der Waals surface area (Å²) in [5, 5.41) is 35.1. The van der Waals surface area contributed by atoms with Crippen LogP contribution in [-0.2, 0) is 36.8 Å². The molecule has 4 atom stereocenters. The predicted octanol–water partition coefficient (Wildman–Crippen LogP) is -2.98. The third-order valence-corrected chi connectivity index (χ3v) is 5.46. The SMILES string of the molecule is NC(=O)CCC(N)C(=O)NC(Cc1cnc[nH]1)C(=O)NC(Cc1ccc(O)cc1)C(=O)NC(CO)C(=O)O. The number of nitrogens with one attached hydrogen (secondary N) is 4. The van der Waals surface area contributed by atoms with Crippen molar-refractivity contribution in [2.75, 3.05) is 6.61 Å². The number of phenols is 1. The molecule has 2 aromatic rings. The van der Waals surface area contributed by atoms with E-state index in [-0.39, 0.29) is 31.4 Å². The van der Waals surface area contributed by atoms with Gasteiger partial charge in [0.05, 0.1) is 19.0 Å². The maximum absolute atomic E-state index is 13.3. The number of aromatic nitrogens is 2. The number of primary amides is 1. The first kappa shape index (κ1) is 29.7. The summed E-state index contributed by atoms with van der Waals surface area (Å²) in [6.07, 6.45) is 2.42. The molecular formula is C23H31N7O8. The number of carbonyl (C=O) groups is 5. The van der Waals surface area contributed by atoms with E-state index >= 15 is 0 Å². The number of imidazole rings is 1. The molecule has 1 aromatic carbocycles. The Hall–Kier alpha value is -4.50. The topological polar surface area (TPSA) is 263 Å². The number of aromatic amines is 1. The zero-order valence-corrected chi connectivity index (χ0v) is 20.3. The van der Waals surface area contributed by atoms with Gasteiger partial charge in [0.15, 0.2) is 0 Å². The monoisotopic (exact) mass is 533 g/mol. The number of amides is 4. The molecule has 15 nitrogen and oxygen atoms in total. The highest BCUT2D eigenvalue weighted by Gasteiger charge is 2.31. The van der Waals surface area contributed by atoms with Crippen molar-refractivity contribution in [3.8, 4) is 5.75 Å². The number of carboxylic acids is 1. The normalized spacial score (nSPS) is 13.9. The Labute approximate surface area is 217 Å². The van der Waals surface area contributed by atoms with Gasteiger partial charge in [-0.05, 0) is 24.1 Å². The van der Waals surface area contributed by atoms with E-state index in [9.17, 15) is 39.3 Å². The zero-order chi connectivity index (χ0) is 28.2. The highest BCUT2D eigenvalue weighted by atomic mass is 16.4. The van der Waals surface area contributed by atoms with Gasteiger partial charge in [0, 0.05) is 31.2 Å². The van der Waals surface area contributed by atoms with Crippen LogP contribution < -0.4 is 27.4 Å². The average molecular weight is 534 g/mol. The van der Waals surface area contributed by atoms with Gasteiger partial charge in [-0.15, -0.1) is 0 Å². The fraction of sp³-hybridized carbons (Fsp3) is 0.391. The van der Waals surface area contributed by atoms with E-state index in [0.29, 0.717) is 11.3 Å². The van der Waals surface area contributed by atoms with Gasteiger partial charge in [-0.25, -0.2) is 9.78 Å². The molecule has 206 valence electrons. The maximum atomic E-state index is 13.3. The number of aromatic hydroxyl groups is 1. The molecule has 0 bridgehead atoms. The summed E-state index contributed by atoms with van der Waals surface area (Å²) in [5.41, 5.74) is 11.9. The molecule has 1 aromatic heterocycles. The first-order chi connectivity index (χ1) is 18.0. The van der Waals surface area contributed by atoms with Crippen LogP contribution in [0.5, 0.6) is 5.75 Å². The van der Waals surface area contributed by atoms with Crippen LogP contribution in [-0.4, -0.2) is 85.7 Å². The molecule has 0 spiro atoms. The molecule has 0 aliphatic carbocycles. The minimum atomic E-state index is -1.62. The van der Waals surface area contributed by atoms with Crippen LogP contribution in [0.25, 0.3) is 0 Å². The van der Waals surface area contributed by atoms with E-state index in [4.69, 9.17) is 11.5 Å². The van der Waals surface area contributed by atoms with E-state index in [1.54, 1.807) is 0 Å². The second-order valence-corrected chi connectivity index (χ2v) is 8.47. The lowest BCUT2D eigenvalue weighted by Crippen LogP contribution is -2.58. The summed E-state index contributed by atoms with van der Waals surface area (Å²) in [4.78, 5) is 67.8. The number of aliphatic hydroxyl groups is 1. The molecule has 1 heterocycles. The van der Waals surface area contributed by atoms with Gasteiger partial charge in [-0.3, -0.25) is 19.2 Å². The number of benzene rings is 1. The molecule has 15 heteroatoms. The number of carboxylic acid groups (broad SMARTS) is 1. The summed E-state index contributed by atoms with van der Waals surface area (Å²) in [6.45, 7) is -0.886. The van der Waals surface area contributed by atoms with E-state index in [0.717, 1.165) is 0 Å². The van der Waals surface area contributed by atoms with Crippen LogP contribution in [0.1, 0.15) is 24.1 Å². The summed E-state index contributed by atoms with van der Waals surface area (Å²) >= 11 is 0. The number of hydrogen-bond acceptors (Lipinski definition) is 9. The smallest absolute Gasteiger partial charge is 0.328 e. The number of hydrogen-bond donors (Lipinski definition) is 9. The number of aliphatic hydroxyl groups excluding tert-OH is 1. The fourth-order valence-electron chi connectivity index (χ4n) is 3.34. The van der Waals surface area contributed by atoms with Crippen molar-refractivity contribution in [2.45, 2.75) is 49.9 Å². The van der Waals surface area contributed by atoms with Crippen LogP contribution in [0.2, 0.25) is 0 Å². The highest BCUT2D eigenvalue weighted by Crippen LogP contribution is 2.12. The van der Waals surface area contributed by atoms with Crippen molar-refractivity contribution in [1.82, 2.24) is 25.9 Å². The van der Waals surface area contributed by atoms with Crippen LogP contribution in [0, 0.1) is 0 Å². The molecule has 0 fully saturated rings. The van der Waals surface area contributed by atoms with Crippen molar-refractivity contribution in [3.05, 3.63) is 48.0 Å². The Balaban J connectivity index is 2.25. The lowest BCUT2D eigenvalue weighted by atomic mass is 10.0. The molecule has 0 radical (unpaired) electrons. The van der Waals surface area contributed by atoms with Gasteiger partial charge in [0.1, 0.15) is 23.9 Å². The van der Waals surface area contributed by atoms with Crippen LogP contribution in [0.15, 0.2) is 36.8 Å². The predicted molar refractivity (Wildman–Crippen MR) is 131 cm³/mol. The van der Waals surface area contributed by atoms with Crippen molar-refractivity contribution < 1.29 is 39.3 Å². The third kappa shape index (κ3) is 9.51. The van der Waals surface area contributed by atoms with Gasteiger partial charge in [0.2, 0.25) is 23.6 Å². The summed E-state index contributed by atoms with van der Waals surface area (Å²) in [5.74, 6) is -4.60. The minimum Gasteiger partial charge on any atom is -0.508 e. The van der Waals surface area contributed by atoms with Gasteiger partial charge in [-0.1, -0.05) is 12.1 Å². The Morgan fingerprint density at radius 3 is 2.03 bits per heavy atom. The number of aliphatic carboxylic acids is 1. The molecule has 38 heavy (non-hydrogen) atoms.